The second-order valence-corrected chi connectivity index (χ2v) is 9.10. The van der Waals surface area contributed by atoms with Gasteiger partial charge in [-0.15, -0.1) is 0 Å². The Kier molecular flexibility index (Phi) is 6.19. The molecule has 4 rings (SSSR count). The van der Waals surface area contributed by atoms with Crippen molar-refractivity contribution >= 4 is 16.7 Å². The maximum Gasteiger partial charge on any atom is 0.152 e. The topological polar surface area (TPSA) is 20.3 Å². The van der Waals surface area contributed by atoms with Gasteiger partial charge in [0, 0.05) is 12.1 Å². The van der Waals surface area contributed by atoms with Gasteiger partial charge in [0.2, 0.25) is 0 Å². The summed E-state index contributed by atoms with van der Waals surface area (Å²) >= 11 is 0. The fourth-order valence-electron chi connectivity index (χ4n) is 4.05. The number of hydrogen-bond donors (Lipinski definition) is 0. The zero-order valence-corrected chi connectivity index (χ0v) is 18.4. The Morgan fingerprint density at radius 3 is 2.45 bits per heavy atom. The highest BCUT2D eigenvalue weighted by Crippen LogP contribution is 2.36. The van der Waals surface area contributed by atoms with E-state index in [0.717, 1.165) is 24.1 Å². The molecule has 31 heavy (non-hydrogen) atoms. The van der Waals surface area contributed by atoms with Gasteiger partial charge in [-0.05, 0) is 84.3 Å². The quantitative estimate of drug-likeness (QED) is 0.449. The lowest BCUT2D eigenvalue weighted by Crippen LogP contribution is -2.31. The molecule has 1 aliphatic heterocycles. The largest absolute Gasteiger partial charge is 0.287 e. The zero-order chi connectivity index (χ0) is 22.1. The molecule has 162 valence electrons. The smallest absolute Gasteiger partial charge is 0.152 e. The van der Waals surface area contributed by atoms with Crippen molar-refractivity contribution in [3.05, 3.63) is 82.7 Å². The lowest BCUT2D eigenvalue weighted by Gasteiger charge is -2.30. The number of rotatable bonds is 5. The highest BCUT2D eigenvalue weighted by Gasteiger charge is 2.24. The molecule has 0 spiro atoms. The molecule has 0 N–H and O–H groups in total. The summed E-state index contributed by atoms with van der Waals surface area (Å²) in [7, 11) is -1.53. The van der Waals surface area contributed by atoms with Gasteiger partial charge in [-0.25, -0.2) is 17.4 Å². The van der Waals surface area contributed by atoms with Crippen molar-refractivity contribution in [2.24, 2.45) is 0 Å². The van der Waals surface area contributed by atoms with Gasteiger partial charge in [0.1, 0.15) is 17.5 Å². The lowest BCUT2D eigenvalue weighted by atomic mass is 9.96. The fourth-order valence-corrected chi connectivity index (χ4v) is 5.38. The van der Waals surface area contributed by atoms with Gasteiger partial charge in [0.05, 0.1) is 10.6 Å². The van der Waals surface area contributed by atoms with Crippen LogP contribution < -0.4 is 4.31 Å². The Labute approximate surface area is 183 Å². The molecule has 1 unspecified atom stereocenters. The van der Waals surface area contributed by atoms with Crippen molar-refractivity contribution in [3.8, 4) is 11.1 Å². The van der Waals surface area contributed by atoms with Crippen LogP contribution in [0, 0.1) is 17.5 Å². The first-order chi connectivity index (χ1) is 14.9. The van der Waals surface area contributed by atoms with Crippen LogP contribution in [-0.2, 0) is 30.2 Å². The predicted octanol–water partition coefficient (Wildman–Crippen LogP) is 6.37. The molecular formula is C25H24F3NOS. The Bertz CT molecular complexity index is 1160. The van der Waals surface area contributed by atoms with Crippen molar-refractivity contribution in [2.45, 2.75) is 44.4 Å². The summed E-state index contributed by atoms with van der Waals surface area (Å²) in [4.78, 5) is 0.529. The van der Waals surface area contributed by atoms with E-state index in [1.807, 2.05) is 13.0 Å². The van der Waals surface area contributed by atoms with Gasteiger partial charge >= 0.3 is 0 Å². The summed E-state index contributed by atoms with van der Waals surface area (Å²) in [6.07, 6.45) is 2.55. The Morgan fingerprint density at radius 2 is 1.71 bits per heavy atom. The summed E-state index contributed by atoms with van der Waals surface area (Å²) in [5.41, 5.74) is 3.34. The molecule has 0 fully saturated rings. The second kappa shape index (κ2) is 8.87. The van der Waals surface area contributed by atoms with E-state index in [1.54, 1.807) is 35.5 Å². The summed E-state index contributed by atoms with van der Waals surface area (Å²) in [5.74, 6) is -1.22. The molecule has 1 atom stereocenters. The van der Waals surface area contributed by atoms with Crippen LogP contribution in [0.2, 0.25) is 0 Å². The van der Waals surface area contributed by atoms with Gasteiger partial charge in [-0.3, -0.25) is 4.31 Å². The Hall–Kier alpha value is -2.60. The molecule has 0 amide bonds. The Balaban J connectivity index is 1.77. The third kappa shape index (κ3) is 4.13. The minimum Gasteiger partial charge on any atom is -0.287 e. The van der Waals surface area contributed by atoms with Gasteiger partial charge in [0.25, 0.3) is 0 Å². The van der Waals surface area contributed by atoms with Crippen molar-refractivity contribution in [1.82, 2.24) is 0 Å². The second-order valence-electron chi connectivity index (χ2n) is 7.69. The molecule has 0 radical (unpaired) electrons. The molecule has 0 saturated carbocycles. The molecule has 2 nitrogen and oxygen atoms in total. The maximum absolute atomic E-state index is 14.9. The molecule has 0 aromatic heterocycles. The van der Waals surface area contributed by atoms with Crippen LogP contribution >= 0.6 is 0 Å². The summed E-state index contributed by atoms with van der Waals surface area (Å²) in [5, 5.41) is 0. The maximum atomic E-state index is 14.9. The van der Waals surface area contributed by atoms with Crippen LogP contribution in [0.5, 0.6) is 0 Å². The van der Waals surface area contributed by atoms with Crippen molar-refractivity contribution in [1.29, 1.82) is 0 Å². The highest BCUT2D eigenvalue weighted by atomic mass is 32.2. The van der Waals surface area contributed by atoms with Crippen LogP contribution in [0.3, 0.4) is 0 Å². The molecule has 0 bridgehead atoms. The number of hydrogen-bond acceptors (Lipinski definition) is 1. The van der Waals surface area contributed by atoms with E-state index in [4.69, 9.17) is 0 Å². The van der Waals surface area contributed by atoms with E-state index < -0.39 is 22.6 Å². The van der Waals surface area contributed by atoms with Gasteiger partial charge in [-0.1, -0.05) is 26.0 Å². The van der Waals surface area contributed by atoms with E-state index in [9.17, 15) is 17.4 Å². The average molecular weight is 444 g/mol. The van der Waals surface area contributed by atoms with Crippen molar-refractivity contribution in [3.63, 3.8) is 0 Å². The minimum atomic E-state index is -1.53. The number of benzene rings is 3. The van der Waals surface area contributed by atoms with Gasteiger partial charge in [0.15, 0.2) is 11.0 Å². The molecular weight excluding hydrogens is 419 g/mol. The number of aryl methyl sites for hydroxylation is 3. The molecule has 1 aliphatic rings. The molecule has 0 aliphatic carbocycles. The monoisotopic (exact) mass is 443 g/mol. The third-order valence-corrected chi connectivity index (χ3v) is 7.20. The molecule has 6 heteroatoms. The predicted molar refractivity (Wildman–Crippen MR) is 119 cm³/mol. The standard InChI is InChI=1S/C25H24F3NOS/c1-3-16-13-21(9-10-23(16)27)31(30)29-11-5-6-18-7-8-19(14-24(18)29)22-15-20(26)12-17(4-2)25(22)28/h7-10,12-15H,3-6,11H2,1-2H3. The van der Waals surface area contributed by atoms with Crippen LogP contribution in [0.25, 0.3) is 11.1 Å². The normalized spacial score (nSPS) is 14.4. The van der Waals surface area contributed by atoms with Crippen LogP contribution in [0.15, 0.2) is 53.4 Å². The van der Waals surface area contributed by atoms with E-state index in [0.29, 0.717) is 41.0 Å². The van der Waals surface area contributed by atoms with Crippen molar-refractivity contribution in [2.75, 3.05) is 10.8 Å². The van der Waals surface area contributed by atoms with Crippen LogP contribution in [0.4, 0.5) is 18.9 Å². The minimum absolute atomic E-state index is 0.200. The number of fused-ring (bicyclic) bond motifs is 1. The lowest BCUT2D eigenvalue weighted by molar-refractivity contribution is 0.590. The highest BCUT2D eigenvalue weighted by molar-refractivity contribution is 7.86. The number of anilines is 1. The van der Waals surface area contributed by atoms with E-state index >= 15 is 0 Å². The van der Waals surface area contributed by atoms with Crippen molar-refractivity contribution < 1.29 is 17.4 Å². The fraction of sp³-hybridized carbons (Fsp3) is 0.280. The van der Waals surface area contributed by atoms with E-state index in [-0.39, 0.29) is 11.4 Å². The molecule has 1 heterocycles. The third-order valence-electron chi connectivity index (χ3n) is 5.77. The molecule has 0 saturated heterocycles. The van der Waals surface area contributed by atoms with Crippen LogP contribution in [0.1, 0.15) is 37.0 Å². The first kappa shape index (κ1) is 21.6. The summed E-state index contributed by atoms with van der Waals surface area (Å²) in [6.45, 7) is 4.20. The number of nitrogens with zero attached hydrogens (tertiary/aromatic N) is 1. The van der Waals surface area contributed by atoms with Crippen LogP contribution in [-0.4, -0.2) is 10.8 Å². The first-order valence-corrected chi connectivity index (χ1v) is 11.6. The first-order valence-electron chi connectivity index (χ1n) is 10.5. The van der Waals surface area contributed by atoms with E-state index in [2.05, 4.69) is 0 Å². The number of halogens is 3. The van der Waals surface area contributed by atoms with Gasteiger partial charge in [-0.2, -0.15) is 0 Å². The SMILES string of the molecule is CCc1cc(S(=O)N2CCCc3ccc(-c4cc(F)cc(CC)c4F)cc32)ccc1F. The molecule has 3 aromatic carbocycles. The zero-order valence-electron chi connectivity index (χ0n) is 17.6. The summed E-state index contributed by atoms with van der Waals surface area (Å²) < 4.78 is 58.1. The average Bonchev–Trinajstić information content (AvgIpc) is 2.79. The van der Waals surface area contributed by atoms with Gasteiger partial charge < -0.3 is 0 Å². The molecule has 3 aromatic rings. The van der Waals surface area contributed by atoms with E-state index in [1.165, 1.54) is 18.2 Å². The summed E-state index contributed by atoms with van der Waals surface area (Å²) in [6, 6.07) is 12.4. The Morgan fingerprint density at radius 1 is 0.935 bits per heavy atom.